The Morgan fingerprint density at radius 1 is 0.864 bits per heavy atom. The van der Waals surface area contributed by atoms with Crippen LogP contribution in [0.2, 0.25) is 0 Å². The van der Waals surface area contributed by atoms with E-state index < -0.39 is 11.8 Å². The zero-order valence-corrected chi connectivity index (χ0v) is 25.3. The highest BCUT2D eigenvalue weighted by Crippen LogP contribution is 2.26. The van der Waals surface area contributed by atoms with Gasteiger partial charge in [0.05, 0.1) is 18.6 Å². The normalized spacial score (nSPS) is 11.0. The third-order valence-electron chi connectivity index (χ3n) is 6.25. The van der Waals surface area contributed by atoms with Crippen LogP contribution in [0.4, 0.5) is 10.8 Å². The molecule has 0 saturated carbocycles. The number of para-hydroxylation sites is 1. The highest BCUT2D eigenvalue weighted by atomic mass is 32.2. The van der Waals surface area contributed by atoms with Crippen LogP contribution in [-0.2, 0) is 9.59 Å². The summed E-state index contributed by atoms with van der Waals surface area (Å²) >= 11 is 2.70. The van der Waals surface area contributed by atoms with Crippen molar-refractivity contribution in [2.75, 3.05) is 23.5 Å². The van der Waals surface area contributed by atoms with E-state index in [1.807, 2.05) is 60.0 Å². The first-order valence-corrected chi connectivity index (χ1v) is 15.4. The summed E-state index contributed by atoms with van der Waals surface area (Å²) in [6, 6.07) is 32.8. The second kappa shape index (κ2) is 14.8. The molecule has 0 fully saturated rings. The largest absolute Gasteiger partial charge is 0.496 e. The molecule has 220 valence electrons. The third-order valence-corrected chi connectivity index (χ3v) is 8.00. The number of aromatic nitrogens is 1. The lowest BCUT2D eigenvalue weighted by atomic mass is 10.1. The van der Waals surface area contributed by atoms with Crippen LogP contribution in [0.5, 0.6) is 5.75 Å². The number of anilines is 2. The van der Waals surface area contributed by atoms with Crippen molar-refractivity contribution >= 4 is 57.7 Å². The zero-order valence-electron chi connectivity index (χ0n) is 23.7. The lowest BCUT2D eigenvalue weighted by molar-refractivity contribution is -0.114. The zero-order chi connectivity index (χ0) is 30.7. The lowest BCUT2D eigenvalue weighted by Crippen LogP contribution is -2.30. The number of rotatable bonds is 11. The highest BCUT2D eigenvalue weighted by Gasteiger charge is 2.17. The maximum Gasteiger partial charge on any atom is 0.272 e. The second-order valence-corrected chi connectivity index (χ2v) is 11.2. The SMILES string of the molecule is COc1ccccc1/C=C(/NC(=O)c1ccccc1)C(=O)Nc1cccc(SCC(=O)Nc2nc(-c3ccccc3)cs2)c1. The van der Waals surface area contributed by atoms with Gasteiger partial charge in [0.25, 0.3) is 11.8 Å². The number of benzene rings is 4. The molecule has 44 heavy (non-hydrogen) atoms. The molecule has 0 aliphatic rings. The van der Waals surface area contributed by atoms with Crippen molar-refractivity contribution in [2.45, 2.75) is 4.90 Å². The summed E-state index contributed by atoms with van der Waals surface area (Å²) in [6.07, 6.45) is 1.57. The number of carbonyl (C=O) groups is 3. The molecule has 0 bridgehead atoms. The quantitative estimate of drug-likeness (QED) is 0.109. The van der Waals surface area contributed by atoms with Crippen LogP contribution < -0.4 is 20.7 Å². The molecular weight excluding hydrogens is 593 g/mol. The summed E-state index contributed by atoms with van der Waals surface area (Å²) in [4.78, 5) is 44.3. The van der Waals surface area contributed by atoms with Crippen molar-refractivity contribution < 1.29 is 19.1 Å². The maximum absolute atomic E-state index is 13.5. The molecule has 0 atom stereocenters. The van der Waals surface area contributed by atoms with Crippen molar-refractivity contribution in [3.8, 4) is 17.0 Å². The Morgan fingerprint density at radius 3 is 2.36 bits per heavy atom. The number of ether oxygens (including phenoxy) is 1. The third kappa shape index (κ3) is 8.21. The monoisotopic (exact) mass is 620 g/mol. The number of amides is 3. The first-order chi connectivity index (χ1) is 21.5. The Balaban J connectivity index is 1.24. The fraction of sp³-hybridized carbons (Fsp3) is 0.0588. The van der Waals surface area contributed by atoms with Gasteiger partial charge in [-0.05, 0) is 42.5 Å². The summed E-state index contributed by atoms with van der Waals surface area (Å²) in [5.74, 6) is -0.420. The van der Waals surface area contributed by atoms with Crippen LogP contribution >= 0.6 is 23.1 Å². The summed E-state index contributed by atoms with van der Waals surface area (Å²) in [7, 11) is 1.54. The molecule has 0 saturated heterocycles. The van der Waals surface area contributed by atoms with Crippen LogP contribution in [0, 0.1) is 0 Å². The fourth-order valence-electron chi connectivity index (χ4n) is 4.12. The van der Waals surface area contributed by atoms with Crippen molar-refractivity contribution in [3.63, 3.8) is 0 Å². The van der Waals surface area contributed by atoms with Crippen molar-refractivity contribution in [3.05, 3.63) is 131 Å². The van der Waals surface area contributed by atoms with Gasteiger partial charge in [0.1, 0.15) is 11.4 Å². The molecule has 3 amide bonds. The Labute approximate surface area is 263 Å². The second-order valence-electron chi connectivity index (χ2n) is 9.34. The van der Waals surface area contributed by atoms with E-state index in [4.69, 9.17) is 4.74 Å². The Morgan fingerprint density at radius 2 is 1.59 bits per heavy atom. The molecule has 5 aromatic rings. The number of methoxy groups -OCH3 is 1. The molecule has 1 aromatic heterocycles. The van der Waals surface area contributed by atoms with Crippen molar-refractivity contribution in [1.82, 2.24) is 10.3 Å². The van der Waals surface area contributed by atoms with Crippen LogP contribution in [0.3, 0.4) is 0 Å². The molecule has 10 heteroatoms. The Kier molecular flexibility index (Phi) is 10.2. The maximum atomic E-state index is 13.5. The number of hydrogen-bond acceptors (Lipinski definition) is 7. The molecule has 1 heterocycles. The lowest BCUT2D eigenvalue weighted by Gasteiger charge is -2.13. The fourth-order valence-corrected chi connectivity index (χ4v) is 5.61. The van der Waals surface area contributed by atoms with Crippen molar-refractivity contribution in [2.24, 2.45) is 0 Å². The molecule has 3 N–H and O–H groups in total. The van der Waals surface area contributed by atoms with Crippen LogP contribution in [0.1, 0.15) is 15.9 Å². The van der Waals surface area contributed by atoms with Crippen molar-refractivity contribution in [1.29, 1.82) is 0 Å². The van der Waals surface area contributed by atoms with Gasteiger partial charge in [-0.15, -0.1) is 23.1 Å². The predicted molar refractivity (Wildman–Crippen MR) is 177 cm³/mol. The topological polar surface area (TPSA) is 109 Å². The molecular formula is C34H28N4O4S2. The summed E-state index contributed by atoms with van der Waals surface area (Å²) in [5, 5.41) is 10.9. The Bertz CT molecular complexity index is 1790. The van der Waals surface area contributed by atoms with Gasteiger partial charge in [-0.1, -0.05) is 72.8 Å². The van der Waals surface area contributed by atoms with E-state index in [0.717, 1.165) is 16.2 Å². The minimum absolute atomic E-state index is 0.0408. The molecule has 8 nitrogen and oxygen atoms in total. The first-order valence-electron chi connectivity index (χ1n) is 13.5. The van der Waals surface area contributed by atoms with Gasteiger partial charge >= 0.3 is 0 Å². The van der Waals surface area contributed by atoms with Gasteiger partial charge in [-0.2, -0.15) is 0 Å². The van der Waals surface area contributed by atoms with E-state index in [-0.39, 0.29) is 17.4 Å². The Hall–Kier alpha value is -5.19. The van der Waals surface area contributed by atoms with E-state index in [9.17, 15) is 14.4 Å². The molecule has 4 aromatic carbocycles. The van der Waals surface area contributed by atoms with Gasteiger partial charge < -0.3 is 20.7 Å². The number of thiazole rings is 1. The van der Waals surface area contributed by atoms with Crippen LogP contribution in [-0.4, -0.2) is 35.6 Å². The van der Waals surface area contributed by atoms with E-state index in [1.54, 1.807) is 60.7 Å². The van der Waals surface area contributed by atoms with E-state index >= 15 is 0 Å². The highest BCUT2D eigenvalue weighted by molar-refractivity contribution is 8.00. The summed E-state index contributed by atoms with van der Waals surface area (Å²) in [6.45, 7) is 0. The first kappa shape index (κ1) is 30.3. The summed E-state index contributed by atoms with van der Waals surface area (Å²) < 4.78 is 5.43. The molecule has 0 aliphatic carbocycles. The van der Waals surface area contributed by atoms with Gasteiger partial charge in [0.15, 0.2) is 5.13 Å². The standard InChI is InChI=1S/C34H28N4O4S2/c1-42-30-18-9-8-15-25(30)19-28(36-32(40)24-13-6-3-7-14-24)33(41)35-26-16-10-17-27(20-26)43-22-31(39)38-34-37-29(21-44-34)23-11-4-2-5-12-23/h2-21H,22H2,1H3,(H,35,41)(H,36,40)(H,37,38,39)/b28-19+. The van der Waals surface area contributed by atoms with Crippen LogP contribution in [0.15, 0.2) is 125 Å². The predicted octanol–water partition coefficient (Wildman–Crippen LogP) is 6.96. The average molecular weight is 621 g/mol. The average Bonchev–Trinajstić information content (AvgIpc) is 3.53. The van der Waals surface area contributed by atoms with E-state index in [0.29, 0.717) is 27.7 Å². The molecule has 0 radical (unpaired) electrons. The molecule has 0 aliphatic heterocycles. The number of carbonyl (C=O) groups excluding carboxylic acids is 3. The number of nitrogens with zero attached hydrogens (tertiary/aromatic N) is 1. The minimum atomic E-state index is -0.516. The van der Waals surface area contributed by atoms with E-state index in [2.05, 4.69) is 20.9 Å². The van der Waals surface area contributed by atoms with E-state index in [1.165, 1.54) is 30.2 Å². The minimum Gasteiger partial charge on any atom is -0.496 e. The number of hydrogen-bond donors (Lipinski definition) is 3. The number of thioether (sulfide) groups is 1. The van der Waals surface area contributed by atoms with Gasteiger partial charge in [-0.25, -0.2) is 4.98 Å². The van der Waals surface area contributed by atoms with Crippen LogP contribution in [0.25, 0.3) is 17.3 Å². The van der Waals surface area contributed by atoms with Gasteiger partial charge in [0.2, 0.25) is 5.91 Å². The van der Waals surface area contributed by atoms with Gasteiger partial charge in [0, 0.05) is 32.7 Å². The molecule has 0 unspecified atom stereocenters. The molecule has 0 spiro atoms. The number of nitrogens with one attached hydrogen (secondary N) is 3. The molecule has 5 rings (SSSR count). The smallest absolute Gasteiger partial charge is 0.272 e. The van der Waals surface area contributed by atoms with Gasteiger partial charge in [-0.3, -0.25) is 14.4 Å². The summed E-state index contributed by atoms with van der Waals surface area (Å²) in [5.41, 5.74) is 3.38.